The van der Waals surface area contributed by atoms with Crippen LogP contribution in [0.15, 0.2) is 24.3 Å². The molecule has 5 nitrogen and oxygen atoms in total. The maximum atomic E-state index is 11.4. The van der Waals surface area contributed by atoms with Crippen LogP contribution in [0, 0.1) is 6.92 Å². The average Bonchev–Trinajstić information content (AvgIpc) is 2.21. The van der Waals surface area contributed by atoms with E-state index in [1.807, 2.05) is 19.1 Å². The number of rotatable bonds is 3. The smallest absolute Gasteiger partial charge is 0.319 e. The van der Waals surface area contributed by atoms with Gasteiger partial charge < -0.3 is 16.4 Å². The highest BCUT2D eigenvalue weighted by atomic mass is 16.2. The fourth-order valence-electron chi connectivity index (χ4n) is 1.07. The summed E-state index contributed by atoms with van der Waals surface area (Å²) in [5.41, 5.74) is 6.79. The molecule has 86 valence electrons. The maximum Gasteiger partial charge on any atom is 0.319 e. The number of benzene rings is 1. The zero-order valence-corrected chi connectivity index (χ0v) is 9.28. The van der Waals surface area contributed by atoms with Gasteiger partial charge in [0.2, 0.25) is 5.91 Å². The first-order chi connectivity index (χ1) is 7.49. The van der Waals surface area contributed by atoms with Gasteiger partial charge in [-0.25, -0.2) is 4.79 Å². The molecule has 0 radical (unpaired) electrons. The predicted octanol–water partition coefficient (Wildman–Crippen LogP) is 0.990. The summed E-state index contributed by atoms with van der Waals surface area (Å²) in [6, 6.07) is 6.19. The summed E-state index contributed by atoms with van der Waals surface area (Å²) in [5, 5.41) is 5.01. The molecular formula is C11H15N3O2. The predicted molar refractivity (Wildman–Crippen MR) is 62.0 cm³/mol. The van der Waals surface area contributed by atoms with Gasteiger partial charge in [-0.05, 0) is 26.0 Å². The summed E-state index contributed by atoms with van der Waals surface area (Å²) in [7, 11) is 0. The van der Waals surface area contributed by atoms with Gasteiger partial charge in [-0.15, -0.1) is 0 Å². The van der Waals surface area contributed by atoms with Crippen LogP contribution in [-0.4, -0.2) is 18.0 Å². The molecule has 0 unspecified atom stereocenters. The first-order valence-corrected chi connectivity index (χ1v) is 4.92. The number of nitrogens with one attached hydrogen (secondary N) is 2. The monoisotopic (exact) mass is 221 g/mol. The summed E-state index contributed by atoms with van der Waals surface area (Å²) in [4.78, 5) is 22.1. The number of amides is 3. The number of aryl methyl sites for hydroxylation is 1. The van der Waals surface area contributed by atoms with Gasteiger partial charge in [0.25, 0.3) is 0 Å². The summed E-state index contributed by atoms with van der Waals surface area (Å²) in [5.74, 6) is -0.570. The molecule has 0 aromatic heterocycles. The van der Waals surface area contributed by atoms with Gasteiger partial charge in [-0.1, -0.05) is 17.7 Å². The molecule has 0 saturated carbocycles. The van der Waals surface area contributed by atoms with Gasteiger partial charge in [0.05, 0.1) is 0 Å². The number of hydrogen-bond acceptors (Lipinski definition) is 2. The lowest BCUT2D eigenvalue weighted by Crippen LogP contribution is -2.44. The van der Waals surface area contributed by atoms with Crippen LogP contribution >= 0.6 is 0 Å². The molecule has 0 aliphatic heterocycles. The van der Waals surface area contributed by atoms with E-state index in [-0.39, 0.29) is 0 Å². The van der Waals surface area contributed by atoms with Crippen molar-refractivity contribution in [1.29, 1.82) is 0 Å². The van der Waals surface area contributed by atoms with Crippen molar-refractivity contribution in [2.24, 2.45) is 5.73 Å². The van der Waals surface area contributed by atoms with Crippen LogP contribution in [0.2, 0.25) is 0 Å². The van der Waals surface area contributed by atoms with Gasteiger partial charge in [-0.2, -0.15) is 0 Å². The van der Waals surface area contributed by atoms with Crippen LogP contribution in [0.4, 0.5) is 10.5 Å². The van der Waals surface area contributed by atoms with Crippen molar-refractivity contribution < 1.29 is 9.59 Å². The molecule has 0 fully saturated rings. The molecule has 4 N–H and O–H groups in total. The SMILES string of the molecule is Cc1ccc(NC(=O)N[C@@H](C)C(N)=O)cc1. The molecule has 1 aromatic rings. The fraction of sp³-hybridized carbons (Fsp3) is 0.273. The third-order valence-corrected chi connectivity index (χ3v) is 2.08. The largest absolute Gasteiger partial charge is 0.368 e. The van der Waals surface area contributed by atoms with Crippen molar-refractivity contribution in [2.45, 2.75) is 19.9 Å². The second kappa shape index (κ2) is 5.16. The Morgan fingerprint density at radius 3 is 2.31 bits per heavy atom. The number of carbonyl (C=O) groups excluding carboxylic acids is 2. The average molecular weight is 221 g/mol. The van der Waals surface area contributed by atoms with Crippen LogP contribution in [0.5, 0.6) is 0 Å². The molecule has 0 spiro atoms. The van der Waals surface area contributed by atoms with E-state index in [0.29, 0.717) is 5.69 Å². The highest BCUT2D eigenvalue weighted by molar-refractivity contribution is 5.93. The Morgan fingerprint density at radius 1 is 1.25 bits per heavy atom. The lowest BCUT2D eigenvalue weighted by Gasteiger charge is -2.11. The molecular weight excluding hydrogens is 206 g/mol. The zero-order valence-electron chi connectivity index (χ0n) is 9.28. The Bertz CT molecular complexity index is 387. The van der Waals surface area contributed by atoms with Crippen LogP contribution in [0.1, 0.15) is 12.5 Å². The van der Waals surface area contributed by atoms with Gasteiger partial charge in [0, 0.05) is 5.69 Å². The third kappa shape index (κ3) is 3.61. The molecule has 0 aliphatic carbocycles. The number of primary amides is 1. The first kappa shape index (κ1) is 12.0. The third-order valence-electron chi connectivity index (χ3n) is 2.08. The zero-order chi connectivity index (χ0) is 12.1. The molecule has 0 bridgehead atoms. The molecule has 0 aliphatic rings. The van der Waals surface area contributed by atoms with E-state index < -0.39 is 18.0 Å². The fourth-order valence-corrected chi connectivity index (χ4v) is 1.07. The summed E-state index contributed by atoms with van der Waals surface area (Å²) in [6.07, 6.45) is 0. The van der Waals surface area contributed by atoms with Crippen LogP contribution in [0.3, 0.4) is 0 Å². The lowest BCUT2D eigenvalue weighted by atomic mass is 10.2. The quantitative estimate of drug-likeness (QED) is 0.711. The normalized spacial score (nSPS) is 11.6. The Labute approximate surface area is 94.0 Å². The van der Waals surface area contributed by atoms with E-state index in [1.165, 1.54) is 6.92 Å². The van der Waals surface area contributed by atoms with Crippen molar-refractivity contribution in [1.82, 2.24) is 5.32 Å². The van der Waals surface area contributed by atoms with Gasteiger partial charge in [-0.3, -0.25) is 4.79 Å². The standard InChI is InChI=1S/C11H15N3O2/c1-7-3-5-9(6-4-7)14-11(16)13-8(2)10(12)15/h3-6,8H,1-2H3,(H2,12,15)(H2,13,14,16)/t8-/m0/s1. The van der Waals surface area contributed by atoms with E-state index in [2.05, 4.69) is 10.6 Å². The molecule has 0 heterocycles. The van der Waals surface area contributed by atoms with E-state index in [1.54, 1.807) is 12.1 Å². The van der Waals surface area contributed by atoms with Crippen LogP contribution in [0.25, 0.3) is 0 Å². The van der Waals surface area contributed by atoms with E-state index in [4.69, 9.17) is 5.73 Å². The molecule has 3 amide bonds. The topological polar surface area (TPSA) is 84.2 Å². The first-order valence-electron chi connectivity index (χ1n) is 4.92. The number of nitrogens with two attached hydrogens (primary N) is 1. The summed E-state index contributed by atoms with van der Waals surface area (Å²) < 4.78 is 0. The molecule has 1 rings (SSSR count). The second-order valence-corrected chi connectivity index (χ2v) is 3.59. The number of anilines is 1. The molecule has 5 heteroatoms. The minimum Gasteiger partial charge on any atom is -0.368 e. The molecule has 1 aromatic carbocycles. The maximum absolute atomic E-state index is 11.4. The van der Waals surface area contributed by atoms with Gasteiger partial charge in [0.15, 0.2) is 0 Å². The van der Waals surface area contributed by atoms with Crippen molar-refractivity contribution in [3.05, 3.63) is 29.8 Å². The molecule has 0 saturated heterocycles. The van der Waals surface area contributed by atoms with E-state index >= 15 is 0 Å². The summed E-state index contributed by atoms with van der Waals surface area (Å²) in [6.45, 7) is 3.48. The molecule has 1 atom stereocenters. The highest BCUT2D eigenvalue weighted by Crippen LogP contribution is 2.07. The van der Waals surface area contributed by atoms with Gasteiger partial charge in [0.1, 0.15) is 6.04 Å². The Balaban J connectivity index is 2.52. The molecule has 16 heavy (non-hydrogen) atoms. The van der Waals surface area contributed by atoms with Crippen molar-refractivity contribution in [2.75, 3.05) is 5.32 Å². The Morgan fingerprint density at radius 2 is 1.81 bits per heavy atom. The number of carbonyl (C=O) groups is 2. The van der Waals surface area contributed by atoms with Crippen molar-refractivity contribution >= 4 is 17.6 Å². The highest BCUT2D eigenvalue weighted by Gasteiger charge is 2.11. The van der Waals surface area contributed by atoms with Crippen molar-refractivity contribution in [3.8, 4) is 0 Å². The van der Waals surface area contributed by atoms with Crippen LogP contribution in [-0.2, 0) is 4.79 Å². The minimum absolute atomic E-state index is 0.449. The summed E-state index contributed by atoms with van der Waals surface area (Å²) >= 11 is 0. The van der Waals surface area contributed by atoms with Crippen LogP contribution < -0.4 is 16.4 Å². The second-order valence-electron chi connectivity index (χ2n) is 3.59. The van der Waals surface area contributed by atoms with E-state index in [9.17, 15) is 9.59 Å². The van der Waals surface area contributed by atoms with E-state index in [0.717, 1.165) is 5.56 Å². The number of hydrogen-bond donors (Lipinski definition) is 3. The minimum atomic E-state index is -0.689. The Hall–Kier alpha value is -2.04. The Kier molecular flexibility index (Phi) is 3.88. The van der Waals surface area contributed by atoms with Gasteiger partial charge >= 0.3 is 6.03 Å². The van der Waals surface area contributed by atoms with Crippen molar-refractivity contribution in [3.63, 3.8) is 0 Å². The number of urea groups is 1. The lowest BCUT2D eigenvalue weighted by molar-refractivity contribution is -0.119.